The number of fused-ring (bicyclic) bond motifs is 1. The number of nitrogens with two attached hydrogens (primary N) is 1. The van der Waals surface area contributed by atoms with E-state index in [0.29, 0.717) is 29.0 Å². The highest BCUT2D eigenvalue weighted by molar-refractivity contribution is 5.90. The first-order valence-corrected chi connectivity index (χ1v) is 10.3. The quantitative estimate of drug-likeness (QED) is 0.428. The molecule has 9 heteroatoms. The van der Waals surface area contributed by atoms with Crippen LogP contribution in [0, 0.1) is 6.92 Å². The van der Waals surface area contributed by atoms with E-state index >= 15 is 0 Å². The number of primary amides is 1. The molecule has 0 aliphatic heterocycles. The van der Waals surface area contributed by atoms with Gasteiger partial charge in [0.2, 0.25) is 0 Å². The van der Waals surface area contributed by atoms with E-state index in [9.17, 15) is 9.59 Å². The predicted octanol–water partition coefficient (Wildman–Crippen LogP) is 2.94. The minimum atomic E-state index is -0.837. The van der Waals surface area contributed by atoms with E-state index in [0.717, 1.165) is 16.7 Å². The van der Waals surface area contributed by atoms with Crippen molar-refractivity contribution in [3.63, 3.8) is 0 Å². The van der Waals surface area contributed by atoms with Gasteiger partial charge in [0.05, 0.1) is 16.8 Å². The molecule has 33 heavy (non-hydrogen) atoms. The summed E-state index contributed by atoms with van der Waals surface area (Å²) in [5, 5.41) is 3.97. The Labute approximate surface area is 189 Å². The highest BCUT2D eigenvalue weighted by atomic mass is 16.7. The zero-order valence-corrected chi connectivity index (χ0v) is 18.0. The van der Waals surface area contributed by atoms with Crippen LogP contribution in [0.1, 0.15) is 22.4 Å². The number of rotatable bonds is 8. The molecule has 0 unspecified atom stereocenters. The molecule has 0 radical (unpaired) electrons. The van der Waals surface area contributed by atoms with Crippen LogP contribution in [0.5, 0.6) is 0 Å². The van der Waals surface area contributed by atoms with Crippen molar-refractivity contribution < 1.29 is 14.4 Å². The molecule has 0 saturated carbocycles. The van der Waals surface area contributed by atoms with Crippen LogP contribution >= 0.6 is 0 Å². The van der Waals surface area contributed by atoms with Gasteiger partial charge in [-0.1, -0.05) is 54.6 Å². The van der Waals surface area contributed by atoms with Gasteiger partial charge in [-0.25, -0.2) is 14.8 Å². The van der Waals surface area contributed by atoms with Crippen LogP contribution in [0.25, 0.3) is 11.0 Å². The van der Waals surface area contributed by atoms with Crippen molar-refractivity contribution in [2.45, 2.75) is 26.7 Å². The maximum atomic E-state index is 12.9. The minimum absolute atomic E-state index is 0.0605. The number of pyridine rings is 1. The second-order valence-electron chi connectivity index (χ2n) is 7.34. The average molecular weight is 445 g/mol. The molecule has 0 fully saturated rings. The van der Waals surface area contributed by atoms with E-state index in [4.69, 9.17) is 15.3 Å². The number of anilines is 1. The second-order valence-corrected chi connectivity index (χ2v) is 7.34. The first kappa shape index (κ1) is 21.8. The number of hydrogen-bond donors (Lipinski definition) is 2. The Morgan fingerprint density at radius 2 is 1.76 bits per heavy atom. The zero-order valence-electron chi connectivity index (χ0n) is 18.0. The molecule has 4 aromatic rings. The van der Waals surface area contributed by atoms with E-state index in [-0.39, 0.29) is 18.8 Å². The molecule has 2 aromatic heterocycles. The van der Waals surface area contributed by atoms with E-state index in [1.54, 1.807) is 0 Å². The van der Waals surface area contributed by atoms with E-state index in [2.05, 4.69) is 15.3 Å². The summed E-state index contributed by atoms with van der Waals surface area (Å²) in [6.07, 6.45) is 0.565. The lowest BCUT2D eigenvalue weighted by Crippen LogP contribution is -2.28. The number of carbonyl (C=O) groups is 1. The number of nitrogens with zero attached hydrogens (tertiary/aromatic N) is 3. The van der Waals surface area contributed by atoms with Crippen molar-refractivity contribution in [2.75, 3.05) is 5.32 Å². The summed E-state index contributed by atoms with van der Waals surface area (Å²) in [6, 6.07) is 18.5. The number of ether oxygens (including phenoxy) is 1. The zero-order chi connectivity index (χ0) is 23.2. The standard InChI is InChI=1S/C24H23N5O4/c1-16-22-20(26-12-18-9-5-6-10-19(18)14-32-24(25)31)11-21(30)29(23(22)28-15-27-16)33-13-17-7-3-2-4-8-17/h2-11,15,26H,12-14H2,1H3,(H2,25,31). The van der Waals surface area contributed by atoms with Crippen LogP contribution in [-0.2, 0) is 24.5 Å². The van der Waals surface area contributed by atoms with Gasteiger partial charge in [0.1, 0.15) is 19.5 Å². The van der Waals surface area contributed by atoms with Gasteiger partial charge in [0, 0.05) is 12.6 Å². The molecule has 9 nitrogen and oxygen atoms in total. The molecule has 168 valence electrons. The molecule has 4 rings (SSSR count). The number of benzene rings is 2. The smallest absolute Gasteiger partial charge is 0.404 e. The Hall–Kier alpha value is -4.40. The molecule has 0 saturated heterocycles. The summed E-state index contributed by atoms with van der Waals surface area (Å²) >= 11 is 0. The fourth-order valence-corrected chi connectivity index (χ4v) is 3.48. The monoisotopic (exact) mass is 445 g/mol. The van der Waals surface area contributed by atoms with Gasteiger partial charge in [-0.15, -0.1) is 4.73 Å². The van der Waals surface area contributed by atoms with Gasteiger partial charge < -0.3 is 20.6 Å². The number of carbonyl (C=O) groups excluding carboxylic acids is 1. The highest BCUT2D eigenvalue weighted by Gasteiger charge is 2.15. The Morgan fingerprint density at radius 3 is 2.52 bits per heavy atom. The molecule has 0 bridgehead atoms. The summed E-state index contributed by atoms with van der Waals surface area (Å²) in [6.45, 7) is 2.51. The van der Waals surface area contributed by atoms with E-state index in [1.807, 2.05) is 61.5 Å². The molecule has 0 aliphatic rings. The lowest BCUT2D eigenvalue weighted by molar-refractivity contribution is 0.0979. The summed E-state index contributed by atoms with van der Waals surface area (Å²) in [4.78, 5) is 38.3. The fraction of sp³-hybridized carbons (Fsp3) is 0.167. The molecule has 2 heterocycles. The van der Waals surface area contributed by atoms with Gasteiger partial charge in [0.25, 0.3) is 5.56 Å². The normalized spacial score (nSPS) is 10.7. The fourth-order valence-electron chi connectivity index (χ4n) is 3.48. The third kappa shape index (κ3) is 5.09. The SMILES string of the molecule is Cc1ncnc2c1c(NCc1ccccc1COC(N)=O)cc(=O)n2OCc1ccccc1. The van der Waals surface area contributed by atoms with Crippen molar-refractivity contribution in [3.05, 3.63) is 99.7 Å². The third-order valence-electron chi connectivity index (χ3n) is 5.11. The van der Waals surface area contributed by atoms with Crippen molar-refractivity contribution >= 4 is 22.8 Å². The van der Waals surface area contributed by atoms with Gasteiger partial charge in [-0.05, 0) is 23.6 Å². The van der Waals surface area contributed by atoms with E-state index in [1.165, 1.54) is 17.1 Å². The maximum absolute atomic E-state index is 12.9. The lowest BCUT2D eigenvalue weighted by atomic mass is 10.1. The van der Waals surface area contributed by atoms with Crippen LogP contribution in [0.2, 0.25) is 0 Å². The summed E-state index contributed by atoms with van der Waals surface area (Å²) in [5.41, 5.74) is 9.02. The molecule has 0 aliphatic carbocycles. The van der Waals surface area contributed by atoms with Gasteiger partial charge in [0.15, 0.2) is 5.65 Å². The van der Waals surface area contributed by atoms with Crippen LogP contribution in [0.3, 0.4) is 0 Å². The van der Waals surface area contributed by atoms with Crippen molar-refractivity contribution in [1.82, 2.24) is 14.7 Å². The number of amides is 1. The summed E-state index contributed by atoms with van der Waals surface area (Å²) < 4.78 is 6.12. The second kappa shape index (κ2) is 9.82. The summed E-state index contributed by atoms with van der Waals surface area (Å²) in [7, 11) is 0. The topological polar surface area (TPSA) is 121 Å². The highest BCUT2D eigenvalue weighted by Crippen LogP contribution is 2.23. The summed E-state index contributed by atoms with van der Waals surface area (Å²) in [5.74, 6) is 0. The molecule has 0 atom stereocenters. The van der Waals surface area contributed by atoms with Gasteiger partial charge >= 0.3 is 6.09 Å². The van der Waals surface area contributed by atoms with Gasteiger partial charge in [-0.3, -0.25) is 4.79 Å². The third-order valence-corrected chi connectivity index (χ3v) is 5.11. The molecular weight excluding hydrogens is 422 g/mol. The lowest BCUT2D eigenvalue weighted by Gasteiger charge is -2.16. The Kier molecular flexibility index (Phi) is 6.49. The van der Waals surface area contributed by atoms with Crippen LogP contribution < -0.4 is 21.4 Å². The first-order chi connectivity index (χ1) is 16.0. The molecule has 0 spiro atoms. The number of nitrogens with one attached hydrogen (secondary N) is 1. The molecular formula is C24H23N5O4. The first-order valence-electron chi connectivity index (χ1n) is 10.3. The van der Waals surface area contributed by atoms with Crippen molar-refractivity contribution in [3.8, 4) is 0 Å². The van der Waals surface area contributed by atoms with Crippen LogP contribution in [0.4, 0.5) is 10.5 Å². The largest absolute Gasteiger partial charge is 0.445 e. The Balaban J connectivity index is 1.63. The predicted molar refractivity (Wildman–Crippen MR) is 123 cm³/mol. The number of aromatic nitrogens is 3. The molecule has 2 aromatic carbocycles. The number of hydrogen-bond acceptors (Lipinski definition) is 7. The maximum Gasteiger partial charge on any atom is 0.404 e. The van der Waals surface area contributed by atoms with Gasteiger partial charge in [-0.2, -0.15) is 0 Å². The Morgan fingerprint density at radius 1 is 1.03 bits per heavy atom. The van der Waals surface area contributed by atoms with Crippen molar-refractivity contribution in [1.29, 1.82) is 0 Å². The number of aryl methyl sites for hydroxylation is 1. The molecule has 1 amide bonds. The Bertz CT molecular complexity index is 1340. The average Bonchev–Trinajstić information content (AvgIpc) is 2.82. The van der Waals surface area contributed by atoms with Crippen molar-refractivity contribution in [2.24, 2.45) is 5.73 Å². The molecule has 3 N–H and O–H groups in total. The van der Waals surface area contributed by atoms with E-state index < -0.39 is 6.09 Å². The van der Waals surface area contributed by atoms with Crippen LogP contribution in [-0.4, -0.2) is 20.8 Å². The van der Waals surface area contributed by atoms with Crippen LogP contribution in [0.15, 0.2) is 71.8 Å². The minimum Gasteiger partial charge on any atom is -0.445 e.